The first-order valence-electron chi connectivity index (χ1n) is 7.38. The topological polar surface area (TPSA) is 80.5 Å². The van der Waals surface area contributed by atoms with Crippen molar-refractivity contribution in [3.63, 3.8) is 0 Å². The molecule has 0 radical (unpaired) electrons. The quantitative estimate of drug-likeness (QED) is 0.609. The lowest BCUT2D eigenvalue weighted by Gasteiger charge is -2.13. The summed E-state index contributed by atoms with van der Waals surface area (Å²) in [6.45, 7) is 0. The minimum absolute atomic E-state index is 0.136. The summed E-state index contributed by atoms with van der Waals surface area (Å²) >= 11 is 0. The zero-order valence-electron chi connectivity index (χ0n) is 12.3. The average molecular weight is 301 g/mol. The second kappa shape index (κ2) is 5.62. The van der Waals surface area contributed by atoms with Crippen molar-refractivity contribution in [1.82, 2.24) is 19.9 Å². The Morgan fingerprint density at radius 3 is 2.35 bits per heavy atom. The molecule has 2 aromatic carbocycles. The lowest BCUT2D eigenvalue weighted by molar-refractivity contribution is 0.872. The summed E-state index contributed by atoms with van der Waals surface area (Å²) < 4.78 is 0. The van der Waals surface area contributed by atoms with Gasteiger partial charge in [0.2, 0.25) is 0 Å². The number of hydrogen-bond donors (Lipinski definition) is 2. The Balaban J connectivity index is 1.70. The third-order valence-corrected chi connectivity index (χ3v) is 3.92. The summed E-state index contributed by atoms with van der Waals surface area (Å²) in [6.07, 6.45) is 3.16. The number of nitrogens with one attached hydrogen (secondary N) is 1. The fraction of sp³-hybridized carbons (Fsp3) is 0.0556. The van der Waals surface area contributed by atoms with E-state index in [1.807, 2.05) is 54.6 Å². The van der Waals surface area contributed by atoms with Crippen LogP contribution in [0.25, 0.3) is 22.4 Å². The van der Waals surface area contributed by atoms with Crippen molar-refractivity contribution >= 4 is 11.2 Å². The maximum Gasteiger partial charge on any atom is 0.181 e. The van der Waals surface area contributed by atoms with Crippen molar-refractivity contribution in [1.29, 1.82) is 0 Å². The van der Waals surface area contributed by atoms with Crippen LogP contribution >= 0.6 is 0 Å². The van der Waals surface area contributed by atoms with Crippen molar-refractivity contribution in [2.75, 3.05) is 0 Å². The van der Waals surface area contributed by atoms with Gasteiger partial charge >= 0.3 is 0 Å². The number of benzene rings is 2. The monoisotopic (exact) mass is 301 g/mol. The van der Waals surface area contributed by atoms with E-state index in [1.54, 1.807) is 6.33 Å². The third-order valence-electron chi connectivity index (χ3n) is 3.92. The zero-order valence-corrected chi connectivity index (χ0v) is 12.3. The Kier molecular flexibility index (Phi) is 3.33. The molecule has 0 bridgehead atoms. The molecule has 0 unspecified atom stereocenters. The van der Waals surface area contributed by atoms with Crippen molar-refractivity contribution in [2.45, 2.75) is 6.04 Å². The van der Waals surface area contributed by atoms with Gasteiger partial charge in [0.1, 0.15) is 11.8 Å². The predicted octanol–water partition coefficient (Wildman–Crippen LogP) is 3.07. The zero-order chi connectivity index (χ0) is 15.6. The van der Waals surface area contributed by atoms with Gasteiger partial charge in [-0.3, -0.25) is 0 Å². The summed E-state index contributed by atoms with van der Waals surface area (Å²) in [6, 6.07) is 18.1. The molecule has 0 aliphatic carbocycles. The number of aromatic amines is 1. The molecule has 0 saturated heterocycles. The first-order chi connectivity index (χ1) is 11.3. The number of H-pyrrole nitrogens is 1. The Morgan fingerprint density at radius 2 is 1.57 bits per heavy atom. The maximum atomic E-state index is 6.34. The van der Waals surface area contributed by atoms with Crippen molar-refractivity contribution in [3.05, 3.63) is 78.4 Å². The van der Waals surface area contributed by atoms with Crippen LogP contribution in [0.5, 0.6) is 0 Å². The molecule has 0 saturated carbocycles. The molecule has 5 heteroatoms. The van der Waals surface area contributed by atoms with Crippen LogP contribution in [0.2, 0.25) is 0 Å². The standard InChI is InChI=1S/C18H15N5/c19-15(12-4-2-1-3-5-12)13-6-8-14(9-7-13)16-17-18(22-10-20-16)23-11-21-17/h1-11,15H,19H2,(H,20,21,22,23)/t15-/m0/s1. The second-order valence-electron chi connectivity index (χ2n) is 5.33. The summed E-state index contributed by atoms with van der Waals surface area (Å²) in [5, 5.41) is 0. The van der Waals surface area contributed by atoms with Crippen LogP contribution in [-0.4, -0.2) is 19.9 Å². The Hall–Kier alpha value is -3.05. The van der Waals surface area contributed by atoms with E-state index in [4.69, 9.17) is 5.73 Å². The second-order valence-corrected chi connectivity index (χ2v) is 5.33. The summed E-state index contributed by atoms with van der Waals surface area (Å²) in [5.74, 6) is 0. The smallest absolute Gasteiger partial charge is 0.181 e. The molecule has 0 amide bonds. The summed E-state index contributed by atoms with van der Waals surface area (Å²) in [5.41, 5.74) is 11.9. The molecule has 1 atom stereocenters. The van der Waals surface area contributed by atoms with Crippen LogP contribution in [0.3, 0.4) is 0 Å². The van der Waals surface area contributed by atoms with Crippen LogP contribution in [0.15, 0.2) is 67.3 Å². The maximum absolute atomic E-state index is 6.34. The lowest BCUT2D eigenvalue weighted by Crippen LogP contribution is -2.11. The van der Waals surface area contributed by atoms with Crippen molar-refractivity contribution < 1.29 is 0 Å². The average Bonchev–Trinajstić information content (AvgIpc) is 3.11. The van der Waals surface area contributed by atoms with Gasteiger partial charge in [-0.05, 0) is 11.1 Å². The highest BCUT2D eigenvalue weighted by atomic mass is 15.0. The number of hydrogen-bond acceptors (Lipinski definition) is 4. The molecule has 112 valence electrons. The largest absolute Gasteiger partial charge is 0.341 e. The molecule has 0 aliphatic heterocycles. The van der Waals surface area contributed by atoms with Gasteiger partial charge in [0.25, 0.3) is 0 Å². The van der Waals surface area contributed by atoms with Crippen LogP contribution in [0.1, 0.15) is 17.2 Å². The molecule has 2 heterocycles. The number of aromatic nitrogens is 4. The number of nitrogens with zero attached hydrogens (tertiary/aromatic N) is 3. The van der Waals surface area contributed by atoms with Gasteiger partial charge in [0.15, 0.2) is 5.65 Å². The molecule has 23 heavy (non-hydrogen) atoms. The van der Waals surface area contributed by atoms with E-state index >= 15 is 0 Å². The first kappa shape index (κ1) is 13.6. The number of imidazole rings is 1. The fourth-order valence-electron chi connectivity index (χ4n) is 2.69. The predicted molar refractivity (Wildman–Crippen MR) is 89.6 cm³/mol. The van der Waals surface area contributed by atoms with Gasteiger partial charge in [-0.1, -0.05) is 54.6 Å². The van der Waals surface area contributed by atoms with Gasteiger partial charge in [-0.25, -0.2) is 15.0 Å². The molecular weight excluding hydrogens is 286 g/mol. The SMILES string of the molecule is N[C@@H](c1ccccc1)c1ccc(-c2ncnc3nc[nH]c23)cc1. The first-order valence-corrected chi connectivity index (χ1v) is 7.38. The number of nitrogens with two attached hydrogens (primary N) is 1. The van der Waals surface area contributed by atoms with E-state index < -0.39 is 0 Å². The summed E-state index contributed by atoms with van der Waals surface area (Å²) in [4.78, 5) is 15.8. The van der Waals surface area contributed by atoms with Gasteiger partial charge < -0.3 is 10.7 Å². The number of rotatable bonds is 3. The van der Waals surface area contributed by atoms with Gasteiger partial charge in [0.05, 0.1) is 18.1 Å². The van der Waals surface area contributed by atoms with Gasteiger partial charge in [0, 0.05) is 5.56 Å². The molecular formula is C18H15N5. The minimum atomic E-state index is -0.136. The molecule has 0 spiro atoms. The summed E-state index contributed by atoms with van der Waals surface area (Å²) in [7, 11) is 0. The van der Waals surface area contributed by atoms with Gasteiger partial charge in [-0.15, -0.1) is 0 Å². The van der Waals surface area contributed by atoms with E-state index in [2.05, 4.69) is 19.9 Å². The highest BCUT2D eigenvalue weighted by Crippen LogP contribution is 2.26. The molecule has 2 aromatic heterocycles. The molecule has 4 rings (SSSR count). The lowest BCUT2D eigenvalue weighted by atomic mass is 9.98. The van der Waals surface area contributed by atoms with Crippen molar-refractivity contribution in [2.24, 2.45) is 5.73 Å². The van der Waals surface area contributed by atoms with Crippen molar-refractivity contribution in [3.8, 4) is 11.3 Å². The molecule has 4 aromatic rings. The van der Waals surface area contributed by atoms with Crippen LogP contribution in [0, 0.1) is 0 Å². The third kappa shape index (κ3) is 2.47. The van der Waals surface area contributed by atoms with Gasteiger partial charge in [-0.2, -0.15) is 0 Å². The van der Waals surface area contributed by atoms with E-state index in [9.17, 15) is 0 Å². The highest BCUT2D eigenvalue weighted by Gasteiger charge is 2.11. The van der Waals surface area contributed by atoms with E-state index in [0.717, 1.165) is 27.9 Å². The molecule has 0 fully saturated rings. The Morgan fingerprint density at radius 1 is 0.826 bits per heavy atom. The molecule has 3 N–H and O–H groups in total. The Bertz CT molecular complexity index is 928. The van der Waals surface area contributed by atoms with Crippen LogP contribution in [0.4, 0.5) is 0 Å². The van der Waals surface area contributed by atoms with E-state index in [0.29, 0.717) is 5.65 Å². The minimum Gasteiger partial charge on any atom is -0.341 e. The van der Waals surface area contributed by atoms with E-state index in [1.165, 1.54) is 6.33 Å². The highest BCUT2D eigenvalue weighted by molar-refractivity contribution is 5.86. The van der Waals surface area contributed by atoms with E-state index in [-0.39, 0.29) is 6.04 Å². The van der Waals surface area contributed by atoms with Crippen LogP contribution < -0.4 is 5.73 Å². The molecule has 5 nitrogen and oxygen atoms in total. The van der Waals surface area contributed by atoms with Crippen LogP contribution in [-0.2, 0) is 0 Å². The Labute approximate surface area is 133 Å². The normalized spacial score (nSPS) is 12.4. The number of fused-ring (bicyclic) bond motifs is 1. The fourth-order valence-corrected chi connectivity index (χ4v) is 2.69. The molecule has 0 aliphatic rings.